The van der Waals surface area contributed by atoms with Crippen LogP contribution in [0.25, 0.3) is 0 Å². The van der Waals surface area contributed by atoms with Gasteiger partial charge in [0.2, 0.25) is 0 Å². The summed E-state index contributed by atoms with van der Waals surface area (Å²) in [5.74, 6) is 0. The summed E-state index contributed by atoms with van der Waals surface area (Å²) < 4.78 is 0. The molecule has 0 aliphatic carbocycles. The van der Waals surface area contributed by atoms with Crippen molar-refractivity contribution in [1.82, 2.24) is 15.2 Å². The van der Waals surface area contributed by atoms with Crippen molar-refractivity contribution in [3.05, 3.63) is 15.6 Å². The van der Waals surface area contributed by atoms with E-state index in [-0.39, 0.29) is 0 Å². The topological polar surface area (TPSA) is 28.2 Å². The molecule has 1 aromatic rings. The average Bonchev–Trinajstić information content (AvgIpc) is 2.69. The standard InChI is InChI=1S/C13H23N3S/c1-4-6-16-7-5-11-12(9-16)17-13(15-11)8-14-10(2)3/h10,14H,4-9H2,1-3H3. The predicted octanol–water partition coefficient (Wildman–Crippen LogP) is 2.41. The van der Waals surface area contributed by atoms with E-state index < -0.39 is 0 Å². The number of hydrogen-bond acceptors (Lipinski definition) is 4. The van der Waals surface area contributed by atoms with Gasteiger partial charge in [-0.15, -0.1) is 11.3 Å². The molecule has 0 amide bonds. The van der Waals surface area contributed by atoms with Crippen LogP contribution in [0, 0.1) is 0 Å². The third-order valence-electron chi connectivity index (χ3n) is 3.06. The Kier molecular flexibility index (Phi) is 4.54. The highest BCUT2D eigenvalue weighted by atomic mass is 32.1. The van der Waals surface area contributed by atoms with Crippen LogP contribution < -0.4 is 5.32 Å². The Labute approximate surface area is 108 Å². The van der Waals surface area contributed by atoms with Gasteiger partial charge in [0.25, 0.3) is 0 Å². The maximum Gasteiger partial charge on any atom is 0.107 e. The second kappa shape index (κ2) is 5.94. The number of aromatic nitrogens is 1. The van der Waals surface area contributed by atoms with Gasteiger partial charge in [-0.1, -0.05) is 20.8 Å². The monoisotopic (exact) mass is 253 g/mol. The lowest BCUT2D eigenvalue weighted by atomic mass is 10.2. The van der Waals surface area contributed by atoms with Crippen molar-refractivity contribution >= 4 is 11.3 Å². The highest BCUT2D eigenvalue weighted by Crippen LogP contribution is 2.25. The number of nitrogens with zero attached hydrogens (tertiary/aromatic N) is 2. The van der Waals surface area contributed by atoms with Gasteiger partial charge in [-0.25, -0.2) is 4.98 Å². The van der Waals surface area contributed by atoms with E-state index in [0.717, 1.165) is 19.5 Å². The van der Waals surface area contributed by atoms with Gasteiger partial charge in [0.15, 0.2) is 0 Å². The van der Waals surface area contributed by atoms with Crippen molar-refractivity contribution in [3.63, 3.8) is 0 Å². The van der Waals surface area contributed by atoms with Crippen LogP contribution in [-0.2, 0) is 19.5 Å². The SMILES string of the molecule is CCCN1CCc2nc(CNC(C)C)sc2C1. The molecule has 0 atom stereocenters. The van der Waals surface area contributed by atoms with Gasteiger partial charge in [0.1, 0.15) is 5.01 Å². The summed E-state index contributed by atoms with van der Waals surface area (Å²) in [6, 6.07) is 0.535. The molecule has 2 heterocycles. The number of thiazole rings is 1. The first kappa shape index (κ1) is 13.0. The fourth-order valence-corrected chi connectivity index (χ4v) is 3.28. The molecular weight excluding hydrogens is 230 g/mol. The maximum atomic E-state index is 4.75. The van der Waals surface area contributed by atoms with E-state index in [2.05, 4.69) is 31.0 Å². The van der Waals surface area contributed by atoms with Crippen molar-refractivity contribution in [3.8, 4) is 0 Å². The van der Waals surface area contributed by atoms with E-state index in [4.69, 9.17) is 4.98 Å². The molecule has 1 N–H and O–H groups in total. The molecule has 4 heteroatoms. The Hall–Kier alpha value is -0.450. The minimum Gasteiger partial charge on any atom is -0.308 e. The zero-order chi connectivity index (χ0) is 12.3. The summed E-state index contributed by atoms with van der Waals surface area (Å²) >= 11 is 1.89. The first-order valence-corrected chi connectivity index (χ1v) is 7.44. The third-order valence-corrected chi connectivity index (χ3v) is 4.14. The highest BCUT2D eigenvalue weighted by molar-refractivity contribution is 7.11. The normalized spacial score (nSPS) is 16.5. The minimum absolute atomic E-state index is 0.535. The molecule has 0 aromatic carbocycles. The molecule has 17 heavy (non-hydrogen) atoms. The van der Waals surface area contributed by atoms with E-state index in [1.165, 1.54) is 35.1 Å². The molecular formula is C13H23N3S. The van der Waals surface area contributed by atoms with Crippen molar-refractivity contribution in [1.29, 1.82) is 0 Å². The first-order valence-electron chi connectivity index (χ1n) is 6.62. The zero-order valence-electron chi connectivity index (χ0n) is 11.1. The predicted molar refractivity (Wildman–Crippen MR) is 73.4 cm³/mol. The summed E-state index contributed by atoms with van der Waals surface area (Å²) in [5, 5.41) is 4.69. The molecule has 0 saturated heterocycles. The molecule has 1 aliphatic heterocycles. The van der Waals surface area contributed by atoms with Crippen LogP contribution in [0.1, 0.15) is 42.8 Å². The maximum absolute atomic E-state index is 4.75. The molecule has 2 rings (SSSR count). The number of rotatable bonds is 5. The van der Waals surface area contributed by atoms with Crippen LogP contribution in [-0.4, -0.2) is 29.0 Å². The van der Waals surface area contributed by atoms with E-state index in [1.807, 2.05) is 11.3 Å². The van der Waals surface area contributed by atoms with E-state index >= 15 is 0 Å². The second-order valence-electron chi connectivity index (χ2n) is 5.04. The van der Waals surface area contributed by atoms with Crippen LogP contribution in [0.4, 0.5) is 0 Å². The van der Waals surface area contributed by atoms with Crippen molar-refractivity contribution in [2.75, 3.05) is 13.1 Å². The lowest BCUT2D eigenvalue weighted by Gasteiger charge is -2.25. The molecule has 1 aromatic heterocycles. The second-order valence-corrected chi connectivity index (χ2v) is 6.21. The molecule has 0 spiro atoms. The van der Waals surface area contributed by atoms with Crippen LogP contribution in [0.15, 0.2) is 0 Å². The van der Waals surface area contributed by atoms with Gasteiger partial charge in [-0.05, 0) is 13.0 Å². The van der Waals surface area contributed by atoms with E-state index in [1.54, 1.807) is 0 Å². The van der Waals surface area contributed by atoms with Crippen LogP contribution in [0.5, 0.6) is 0 Å². The average molecular weight is 253 g/mol. The van der Waals surface area contributed by atoms with Crippen LogP contribution in [0.2, 0.25) is 0 Å². The molecule has 1 aliphatic rings. The quantitative estimate of drug-likeness (QED) is 0.873. The number of fused-ring (bicyclic) bond motifs is 1. The molecule has 0 saturated carbocycles. The first-order chi connectivity index (χ1) is 8.19. The van der Waals surface area contributed by atoms with Gasteiger partial charge in [0.05, 0.1) is 5.69 Å². The number of hydrogen-bond donors (Lipinski definition) is 1. The zero-order valence-corrected chi connectivity index (χ0v) is 11.9. The smallest absolute Gasteiger partial charge is 0.107 e. The number of nitrogens with one attached hydrogen (secondary N) is 1. The lowest BCUT2D eigenvalue weighted by molar-refractivity contribution is 0.256. The fraction of sp³-hybridized carbons (Fsp3) is 0.769. The Morgan fingerprint density at radius 1 is 1.47 bits per heavy atom. The lowest BCUT2D eigenvalue weighted by Crippen LogP contribution is -2.30. The minimum atomic E-state index is 0.535. The van der Waals surface area contributed by atoms with Gasteiger partial charge in [-0.2, -0.15) is 0 Å². The molecule has 0 bridgehead atoms. The van der Waals surface area contributed by atoms with E-state index in [0.29, 0.717) is 6.04 Å². The summed E-state index contributed by atoms with van der Waals surface area (Å²) in [6.45, 7) is 11.0. The summed E-state index contributed by atoms with van der Waals surface area (Å²) in [7, 11) is 0. The van der Waals surface area contributed by atoms with Crippen molar-refractivity contribution in [2.24, 2.45) is 0 Å². The molecule has 0 fully saturated rings. The van der Waals surface area contributed by atoms with Gasteiger partial charge < -0.3 is 5.32 Å². The van der Waals surface area contributed by atoms with Crippen molar-refractivity contribution < 1.29 is 0 Å². The summed E-state index contributed by atoms with van der Waals surface area (Å²) in [6.07, 6.45) is 2.38. The molecule has 3 nitrogen and oxygen atoms in total. The summed E-state index contributed by atoms with van der Waals surface area (Å²) in [4.78, 5) is 8.78. The molecule has 96 valence electrons. The largest absolute Gasteiger partial charge is 0.308 e. The van der Waals surface area contributed by atoms with Gasteiger partial charge in [-0.3, -0.25) is 4.90 Å². The van der Waals surface area contributed by atoms with Gasteiger partial charge >= 0.3 is 0 Å². The van der Waals surface area contributed by atoms with E-state index in [9.17, 15) is 0 Å². The molecule has 0 radical (unpaired) electrons. The molecule has 0 unspecified atom stereocenters. The Balaban J connectivity index is 1.96. The van der Waals surface area contributed by atoms with Crippen molar-refractivity contribution in [2.45, 2.75) is 52.7 Å². The Morgan fingerprint density at radius 2 is 2.29 bits per heavy atom. The Bertz CT molecular complexity index is 360. The highest BCUT2D eigenvalue weighted by Gasteiger charge is 2.19. The third kappa shape index (κ3) is 3.50. The Morgan fingerprint density at radius 3 is 3.00 bits per heavy atom. The van der Waals surface area contributed by atoms with Gasteiger partial charge in [0, 0.05) is 37.0 Å². The van der Waals surface area contributed by atoms with Crippen LogP contribution in [0.3, 0.4) is 0 Å². The summed E-state index contributed by atoms with van der Waals surface area (Å²) in [5.41, 5.74) is 1.35. The fourth-order valence-electron chi connectivity index (χ4n) is 2.18. The van der Waals surface area contributed by atoms with Crippen LogP contribution >= 0.6 is 11.3 Å².